The lowest BCUT2D eigenvalue weighted by Gasteiger charge is -2.20. The Morgan fingerprint density at radius 1 is 1.33 bits per heavy atom. The van der Waals surface area contributed by atoms with Crippen molar-refractivity contribution >= 4 is 35.1 Å². The van der Waals surface area contributed by atoms with E-state index >= 15 is 0 Å². The van der Waals surface area contributed by atoms with E-state index in [0.29, 0.717) is 0 Å². The molecular formula is C11H10Cl2N2O3. The maximum Gasteiger partial charge on any atom is 0.323 e. The molecule has 2 rings (SSSR count). The zero-order valence-electron chi connectivity index (χ0n) is 9.27. The molecular weight excluding hydrogens is 279 g/mol. The van der Waals surface area contributed by atoms with Gasteiger partial charge in [0, 0.05) is 11.6 Å². The normalized spacial score (nSPS) is 14.3. The Hall–Kier alpha value is -1.33. The standard InChI is InChI=1S/C11H10Cl2N2O3/c12-8-3-6(4-9(13)14-8)11(18)15(5-10(16)17)7-1-2-7/h3-4,7H,1-2,5H2,(H,16,17). The van der Waals surface area contributed by atoms with Gasteiger partial charge in [0.05, 0.1) is 0 Å². The van der Waals surface area contributed by atoms with Crippen molar-refractivity contribution in [3.8, 4) is 0 Å². The average Bonchev–Trinajstić information content (AvgIpc) is 3.07. The molecule has 0 aliphatic heterocycles. The SMILES string of the molecule is O=C(O)CN(C(=O)c1cc(Cl)nc(Cl)c1)C1CC1. The highest BCUT2D eigenvalue weighted by Gasteiger charge is 2.34. The Labute approximate surface area is 113 Å². The number of nitrogens with zero attached hydrogens (tertiary/aromatic N) is 2. The van der Waals surface area contributed by atoms with Gasteiger partial charge in [-0.2, -0.15) is 0 Å². The van der Waals surface area contributed by atoms with E-state index in [1.165, 1.54) is 17.0 Å². The van der Waals surface area contributed by atoms with E-state index < -0.39 is 5.97 Å². The van der Waals surface area contributed by atoms with Gasteiger partial charge >= 0.3 is 5.97 Å². The number of hydrogen-bond acceptors (Lipinski definition) is 3. The molecule has 96 valence electrons. The minimum absolute atomic E-state index is 0.000633. The summed E-state index contributed by atoms with van der Waals surface area (Å²) in [6.07, 6.45) is 1.65. The van der Waals surface area contributed by atoms with Crippen LogP contribution in [0.5, 0.6) is 0 Å². The molecule has 5 nitrogen and oxygen atoms in total. The van der Waals surface area contributed by atoms with Crippen LogP contribution in [0.2, 0.25) is 10.3 Å². The maximum absolute atomic E-state index is 12.2. The molecule has 1 aliphatic rings. The van der Waals surface area contributed by atoms with Crippen molar-refractivity contribution in [1.29, 1.82) is 0 Å². The Balaban J connectivity index is 2.24. The average molecular weight is 289 g/mol. The molecule has 1 aromatic heterocycles. The lowest BCUT2D eigenvalue weighted by molar-refractivity contribution is -0.137. The number of aromatic nitrogens is 1. The first-order valence-corrected chi connectivity index (χ1v) is 6.09. The maximum atomic E-state index is 12.2. The van der Waals surface area contributed by atoms with E-state index in [1.807, 2.05) is 0 Å². The quantitative estimate of drug-likeness (QED) is 0.861. The monoisotopic (exact) mass is 288 g/mol. The fourth-order valence-electron chi connectivity index (χ4n) is 1.65. The number of pyridine rings is 1. The summed E-state index contributed by atoms with van der Waals surface area (Å²) in [5.74, 6) is -1.42. The van der Waals surface area contributed by atoms with Crippen LogP contribution < -0.4 is 0 Å². The molecule has 0 radical (unpaired) electrons. The molecule has 1 fully saturated rings. The van der Waals surface area contributed by atoms with Crippen LogP contribution in [0.3, 0.4) is 0 Å². The number of aliphatic carboxylic acids is 1. The van der Waals surface area contributed by atoms with E-state index in [1.54, 1.807) is 0 Å². The van der Waals surface area contributed by atoms with Gasteiger partial charge in [0.25, 0.3) is 5.91 Å². The first-order valence-electron chi connectivity index (χ1n) is 5.33. The third kappa shape index (κ3) is 3.11. The van der Waals surface area contributed by atoms with Gasteiger partial charge in [-0.05, 0) is 25.0 Å². The van der Waals surface area contributed by atoms with Crippen LogP contribution in [0.4, 0.5) is 0 Å². The summed E-state index contributed by atoms with van der Waals surface area (Å²) in [5.41, 5.74) is 0.258. The minimum atomic E-state index is -1.04. The molecule has 0 atom stereocenters. The van der Waals surface area contributed by atoms with E-state index in [2.05, 4.69) is 4.98 Å². The fraction of sp³-hybridized carbons (Fsp3) is 0.364. The summed E-state index contributed by atoms with van der Waals surface area (Å²) in [6.45, 7) is -0.318. The molecule has 1 aromatic rings. The fourth-order valence-corrected chi connectivity index (χ4v) is 2.11. The second-order valence-electron chi connectivity index (χ2n) is 4.06. The second-order valence-corrected chi connectivity index (χ2v) is 4.83. The number of carbonyl (C=O) groups excluding carboxylic acids is 1. The highest BCUT2D eigenvalue weighted by Crippen LogP contribution is 2.28. The van der Waals surface area contributed by atoms with Gasteiger partial charge in [0.15, 0.2) is 0 Å². The second kappa shape index (κ2) is 5.12. The van der Waals surface area contributed by atoms with Crippen LogP contribution in [0.15, 0.2) is 12.1 Å². The smallest absolute Gasteiger partial charge is 0.323 e. The Morgan fingerprint density at radius 2 is 1.89 bits per heavy atom. The molecule has 0 aromatic carbocycles. The van der Waals surface area contributed by atoms with Crippen LogP contribution >= 0.6 is 23.2 Å². The lowest BCUT2D eigenvalue weighted by atomic mass is 10.2. The number of carboxylic acid groups (broad SMARTS) is 1. The number of carbonyl (C=O) groups is 2. The zero-order valence-corrected chi connectivity index (χ0v) is 10.8. The molecule has 18 heavy (non-hydrogen) atoms. The highest BCUT2D eigenvalue weighted by molar-refractivity contribution is 6.33. The molecule has 0 unspecified atom stereocenters. The number of rotatable bonds is 4. The predicted molar refractivity (Wildman–Crippen MR) is 66.0 cm³/mol. The zero-order chi connectivity index (χ0) is 13.3. The third-order valence-corrected chi connectivity index (χ3v) is 2.95. The highest BCUT2D eigenvalue weighted by atomic mass is 35.5. The molecule has 1 N–H and O–H groups in total. The first-order chi connectivity index (χ1) is 8.47. The van der Waals surface area contributed by atoms with Crippen LogP contribution in [-0.2, 0) is 4.79 Å². The predicted octanol–water partition coefficient (Wildman–Crippen LogP) is 2.08. The molecule has 1 saturated carbocycles. The van der Waals surface area contributed by atoms with Crippen molar-refractivity contribution < 1.29 is 14.7 Å². The van der Waals surface area contributed by atoms with Gasteiger partial charge in [0.1, 0.15) is 16.9 Å². The summed E-state index contributed by atoms with van der Waals surface area (Å²) in [7, 11) is 0. The van der Waals surface area contributed by atoms with Crippen molar-refractivity contribution in [3.63, 3.8) is 0 Å². The molecule has 0 bridgehead atoms. The Morgan fingerprint density at radius 3 is 2.33 bits per heavy atom. The summed E-state index contributed by atoms with van der Waals surface area (Å²) >= 11 is 11.4. The first kappa shape index (κ1) is 13.1. The summed E-state index contributed by atoms with van der Waals surface area (Å²) in [5, 5.41) is 9.02. The van der Waals surface area contributed by atoms with Crippen LogP contribution in [0.25, 0.3) is 0 Å². The van der Waals surface area contributed by atoms with Crippen LogP contribution in [0, 0.1) is 0 Å². The Bertz CT molecular complexity index is 483. The third-order valence-electron chi connectivity index (χ3n) is 2.56. The molecule has 1 aliphatic carbocycles. The summed E-state index contributed by atoms with van der Waals surface area (Å²) in [4.78, 5) is 28.0. The van der Waals surface area contributed by atoms with Crippen molar-refractivity contribution in [2.75, 3.05) is 6.54 Å². The van der Waals surface area contributed by atoms with Crippen molar-refractivity contribution in [1.82, 2.24) is 9.88 Å². The van der Waals surface area contributed by atoms with E-state index in [9.17, 15) is 9.59 Å². The molecule has 0 saturated heterocycles. The van der Waals surface area contributed by atoms with Crippen LogP contribution in [0.1, 0.15) is 23.2 Å². The van der Waals surface area contributed by atoms with Crippen molar-refractivity contribution in [3.05, 3.63) is 28.0 Å². The number of hydrogen-bond donors (Lipinski definition) is 1. The van der Waals surface area contributed by atoms with Gasteiger partial charge in [-0.15, -0.1) is 0 Å². The molecule has 0 spiro atoms. The largest absolute Gasteiger partial charge is 0.480 e. The molecule has 1 heterocycles. The summed E-state index contributed by atoms with van der Waals surface area (Å²) in [6, 6.07) is 2.76. The molecule has 1 amide bonds. The van der Waals surface area contributed by atoms with E-state index in [0.717, 1.165) is 12.8 Å². The van der Waals surface area contributed by atoms with Gasteiger partial charge in [-0.3, -0.25) is 9.59 Å². The number of carboxylic acids is 1. The van der Waals surface area contributed by atoms with Gasteiger partial charge in [-0.25, -0.2) is 4.98 Å². The van der Waals surface area contributed by atoms with E-state index in [-0.39, 0.29) is 34.4 Å². The van der Waals surface area contributed by atoms with Crippen LogP contribution in [-0.4, -0.2) is 39.5 Å². The number of amides is 1. The topological polar surface area (TPSA) is 70.5 Å². The number of halogens is 2. The van der Waals surface area contributed by atoms with E-state index in [4.69, 9.17) is 28.3 Å². The van der Waals surface area contributed by atoms with Gasteiger partial charge in [-0.1, -0.05) is 23.2 Å². The lowest BCUT2D eigenvalue weighted by Crippen LogP contribution is -2.37. The molecule has 7 heteroatoms. The minimum Gasteiger partial charge on any atom is -0.480 e. The van der Waals surface area contributed by atoms with Gasteiger partial charge in [0.2, 0.25) is 0 Å². The summed E-state index contributed by atoms with van der Waals surface area (Å²) < 4.78 is 0. The van der Waals surface area contributed by atoms with Gasteiger partial charge < -0.3 is 10.0 Å². The Kier molecular flexibility index (Phi) is 3.73. The van der Waals surface area contributed by atoms with Crippen molar-refractivity contribution in [2.24, 2.45) is 0 Å². The van der Waals surface area contributed by atoms with Crippen molar-refractivity contribution in [2.45, 2.75) is 18.9 Å².